The molecule has 1 aliphatic rings. The normalized spacial score (nSPS) is 18.8. The number of halogens is 5. The van der Waals surface area contributed by atoms with Crippen LogP contribution in [0.3, 0.4) is 0 Å². The van der Waals surface area contributed by atoms with E-state index in [1.165, 1.54) is 12.1 Å². The van der Waals surface area contributed by atoms with Crippen LogP contribution in [-0.2, 0) is 22.1 Å². The minimum atomic E-state index is -4.56. The van der Waals surface area contributed by atoms with Gasteiger partial charge >= 0.3 is 12.3 Å². The molecule has 0 bridgehead atoms. The number of Topliss-reactive ketones (excluding diaryl/α,β-unsaturated/α-hetero) is 1. The Kier molecular flexibility index (Phi) is 7.50. The van der Waals surface area contributed by atoms with Crippen LogP contribution in [0.2, 0.25) is 5.15 Å². The third-order valence-electron chi connectivity index (χ3n) is 5.11. The molecule has 0 unspecified atom stereocenters. The van der Waals surface area contributed by atoms with Crippen LogP contribution in [0.5, 0.6) is 0 Å². The van der Waals surface area contributed by atoms with Crippen LogP contribution in [0, 0.1) is 0 Å². The van der Waals surface area contributed by atoms with Gasteiger partial charge in [0.2, 0.25) is 0 Å². The van der Waals surface area contributed by atoms with Gasteiger partial charge in [0.05, 0.1) is 18.3 Å². The van der Waals surface area contributed by atoms with Gasteiger partial charge in [-0.3, -0.25) is 14.7 Å². The molecular formula is C23H24ClF4N3O3. The first kappa shape index (κ1) is 25.9. The molecular weight excluding hydrogens is 478 g/mol. The molecule has 1 aliphatic heterocycles. The molecule has 1 amide bonds. The van der Waals surface area contributed by atoms with Crippen LogP contribution < -0.4 is 0 Å². The number of aryl methyl sites for hydroxylation is 1. The molecule has 0 spiro atoms. The molecule has 2 aromatic rings. The van der Waals surface area contributed by atoms with Crippen LogP contribution in [0.1, 0.15) is 44.9 Å². The lowest BCUT2D eigenvalue weighted by Gasteiger charge is -2.27. The molecule has 0 N–H and O–H groups in total. The number of hydrogen-bond acceptors (Lipinski definition) is 5. The molecule has 6 nitrogen and oxygen atoms in total. The molecule has 184 valence electrons. The Morgan fingerprint density at radius 2 is 1.91 bits per heavy atom. The van der Waals surface area contributed by atoms with Crippen molar-refractivity contribution in [2.75, 3.05) is 6.54 Å². The topological polar surface area (TPSA) is 72.4 Å². The van der Waals surface area contributed by atoms with E-state index in [9.17, 15) is 27.2 Å². The average Bonchev–Trinajstić information content (AvgIpc) is 3.12. The molecule has 0 aromatic carbocycles. The predicted molar refractivity (Wildman–Crippen MR) is 117 cm³/mol. The van der Waals surface area contributed by atoms with E-state index in [1.54, 1.807) is 26.8 Å². The summed E-state index contributed by atoms with van der Waals surface area (Å²) in [6.45, 7) is 4.84. The van der Waals surface area contributed by atoms with E-state index in [0.717, 1.165) is 17.2 Å². The predicted octanol–water partition coefficient (Wildman–Crippen LogP) is 5.67. The summed E-state index contributed by atoms with van der Waals surface area (Å²) in [5.74, 6) is -0.323. The monoisotopic (exact) mass is 501 g/mol. The number of likely N-dealkylation sites (tertiary alicyclic amines) is 1. The number of pyridine rings is 2. The minimum Gasteiger partial charge on any atom is -0.444 e. The molecule has 0 aliphatic carbocycles. The second-order valence-electron chi connectivity index (χ2n) is 9.06. The summed E-state index contributed by atoms with van der Waals surface area (Å²) in [6, 6.07) is 4.29. The van der Waals surface area contributed by atoms with E-state index in [1.807, 2.05) is 0 Å². The van der Waals surface area contributed by atoms with Gasteiger partial charge in [0.15, 0.2) is 5.78 Å². The smallest absolute Gasteiger partial charge is 0.433 e. The fourth-order valence-electron chi connectivity index (χ4n) is 3.60. The van der Waals surface area contributed by atoms with E-state index in [0.29, 0.717) is 16.8 Å². The maximum absolute atomic E-state index is 14.0. The zero-order valence-corrected chi connectivity index (χ0v) is 19.6. The molecule has 11 heteroatoms. The number of alkyl halides is 4. The third-order valence-corrected chi connectivity index (χ3v) is 5.31. The van der Waals surface area contributed by atoms with E-state index < -0.39 is 35.8 Å². The minimum absolute atomic E-state index is 0.00171. The SMILES string of the molecule is CC(C)(C)OC(=O)N1C[C@H](F)C[C@H]1C(=O)CCc1cc(Cl)nc(-c2ccc(C(F)(F)F)nc2)c1. The summed E-state index contributed by atoms with van der Waals surface area (Å²) < 4.78 is 57.6. The zero-order valence-electron chi connectivity index (χ0n) is 18.8. The highest BCUT2D eigenvalue weighted by Gasteiger charge is 2.41. The zero-order chi connectivity index (χ0) is 25.3. The first-order valence-corrected chi connectivity index (χ1v) is 11.0. The molecule has 1 saturated heterocycles. The van der Waals surface area contributed by atoms with Gasteiger partial charge in [0.25, 0.3) is 0 Å². The Morgan fingerprint density at radius 1 is 1.21 bits per heavy atom. The Hall–Kier alpha value is -2.75. The standard InChI is InChI=1S/C23H24ClF4N3O3/c1-22(2,3)34-21(33)31-12-15(25)10-17(31)18(32)6-4-13-8-16(30-20(24)9-13)14-5-7-19(29-11-14)23(26,27)28/h5,7-9,11,15,17H,4,6,10,12H2,1-3H3/t15-,17+/m1/s1. The van der Waals surface area contributed by atoms with Gasteiger partial charge in [-0.15, -0.1) is 0 Å². The largest absolute Gasteiger partial charge is 0.444 e. The Morgan fingerprint density at radius 3 is 2.50 bits per heavy atom. The van der Waals surface area contributed by atoms with Crippen LogP contribution >= 0.6 is 11.6 Å². The van der Waals surface area contributed by atoms with Gasteiger partial charge in [-0.25, -0.2) is 14.2 Å². The highest BCUT2D eigenvalue weighted by molar-refractivity contribution is 6.29. The summed E-state index contributed by atoms with van der Waals surface area (Å²) >= 11 is 6.08. The van der Waals surface area contributed by atoms with Crippen molar-refractivity contribution in [1.82, 2.24) is 14.9 Å². The number of carbonyl (C=O) groups is 2. The summed E-state index contributed by atoms with van der Waals surface area (Å²) in [4.78, 5) is 33.9. The second-order valence-corrected chi connectivity index (χ2v) is 9.45. The Balaban J connectivity index is 1.71. The Labute approximate surface area is 199 Å². The van der Waals surface area contributed by atoms with Crippen molar-refractivity contribution in [3.8, 4) is 11.3 Å². The number of nitrogens with zero attached hydrogens (tertiary/aromatic N) is 3. The molecule has 34 heavy (non-hydrogen) atoms. The molecule has 2 atom stereocenters. The number of ketones is 1. The number of rotatable bonds is 5. The molecule has 3 rings (SSSR count). The van der Waals surface area contributed by atoms with Crippen molar-refractivity contribution in [1.29, 1.82) is 0 Å². The molecule has 1 fully saturated rings. The Bertz CT molecular complexity index is 1050. The lowest BCUT2D eigenvalue weighted by Crippen LogP contribution is -2.43. The van der Waals surface area contributed by atoms with Gasteiger partial charge in [0, 0.05) is 24.6 Å². The van der Waals surface area contributed by atoms with Crippen molar-refractivity contribution < 1.29 is 31.9 Å². The van der Waals surface area contributed by atoms with E-state index in [2.05, 4.69) is 9.97 Å². The van der Waals surface area contributed by atoms with Gasteiger partial charge < -0.3 is 4.74 Å². The molecule has 2 aromatic heterocycles. The fraction of sp³-hybridized carbons (Fsp3) is 0.478. The van der Waals surface area contributed by atoms with Crippen LogP contribution in [0.15, 0.2) is 30.5 Å². The average molecular weight is 502 g/mol. The first-order valence-electron chi connectivity index (χ1n) is 10.6. The lowest BCUT2D eigenvalue weighted by atomic mass is 10.0. The van der Waals surface area contributed by atoms with Crippen molar-refractivity contribution in [2.45, 2.75) is 64.0 Å². The number of aromatic nitrogens is 2. The van der Waals surface area contributed by atoms with Crippen molar-refractivity contribution in [2.24, 2.45) is 0 Å². The van der Waals surface area contributed by atoms with Crippen LogP contribution in [0.4, 0.5) is 22.4 Å². The molecule has 3 heterocycles. The van der Waals surface area contributed by atoms with Crippen molar-refractivity contribution >= 4 is 23.5 Å². The van der Waals surface area contributed by atoms with Gasteiger partial charge in [-0.05, 0) is 57.0 Å². The van der Waals surface area contributed by atoms with Gasteiger partial charge in [-0.1, -0.05) is 11.6 Å². The maximum atomic E-state index is 14.0. The number of amides is 1. The summed E-state index contributed by atoms with van der Waals surface area (Å²) in [5.41, 5.74) is -0.564. The fourth-order valence-corrected chi connectivity index (χ4v) is 3.83. The molecule has 0 saturated carbocycles. The quantitative estimate of drug-likeness (QED) is 0.390. The third kappa shape index (κ3) is 6.65. The van der Waals surface area contributed by atoms with Gasteiger partial charge in [0.1, 0.15) is 22.6 Å². The van der Waals surface area contributed by atoms with Crippen molar-refractivity contribution in [3.63, 3.8) is 0 Å². The van der Waals surface area contributed by atoms with Crippen LogP contribution in [-0.4, -0.2) is 51.1 Å². The highest BCUT2D eigenvalue weighted by Crippen LogP contribution is 2.30. The number of carbonyl (C=O) groups excluding carboxylic acids is 2. The maximum Gasteiger partial charge on any atom is 0.433 e. The number of ether oxygens (including phenoxy) is 1. The molecule has 0 radical (unpaired) electrons. The van der Waals surface area contributed by atoms with Crippen molar-refractivity contribution in [3.05, 3.63) is 46.9 Å². The summed E-state index contributed by atoms with van der Waals surface area (Å²) in [5, 5.41) is 0.0971. The first-order chi connectivity index (χ1) is 15.7. The van der Waals surface area contributed by atoms with E-state index in [-0.39, 0.29) is 36.7 Å². The van der Waals surface area contributed by atoms with E-state index in [4.69, 9.17) is 16.3 Å². The van der Waals surface area contributed by atoms with E-state index >= 15 is 0 Å². The van der Waals surface area contributed by atoms with Crippen LogP contribution in [0.25, 0.3) is 11.3 Å². The highest BCUT2D eigenvalue weighted by atomic mass is 35.5. The summed E-state index contributed by atoms with van der Waals surface area (Å²) in [7, 11) is 0. The lowest BCUT2D eigenvalue weighted by molar-refractivity contribution is -0.141. The van der Waals surface area contributed by atoms with Gasteiger partial charge in [-0.2, -0.15) is 13.2 Å². The number of hydrogen-bond donors (Lipinski definition) is 0. The second kappa shape index (κ2) is 9.85. The summed E-state index contributed by atoms with van der Waals surface area (Å²) in [6.07, 6.45) is -5.45.